The monoisotopic (exact) mass is 294 g/mol. The van der Waals surface area contributed by atoms with Gasteiger partial charge in [-0.15, -0.1) is 0 Å². The molecule has 114 valence electrons. The minimum atomic E-state index is 0.0363. The maximum atomic E-state index is 12.3. The first-order chi connectivity index (χ1) is 10.7. The van der Waals surface area contributed by atoms with Gasteiger partial charge in [0, 0.05) is 11.6 Å². The number of carbonyl (C=O) groups is 1. The van der Waals surface area contributed by atoms with E-state index in [0.29, 0.717) is 6.04 Å². The van der Waals surface area contributed by atoms with Crippen LogP contribution in [0.25, 0.3) is 11.1 Å². The molecule has 1 fully saturated rings. The van der Waals surface area contributed by atoms with E-state index in [1.807, 2.05) is 42.5 Å². The lowest BCUT2D eigenvalue weighted by molar-refractivity contribution is 0.0917. The fourth-order valence-corrected chi connectivity index (χ4v) is 2.87. The van der Waals surface area contributed by atoms with Crippen LogP contribution in [0.3, 0.4) is 0 Å². The molecule has 1 saturated heterocycles. The predicted octanol–water partition coefficient (Wildman–Crippen LogP) is 3.18. The van der Waals surface area contributed by atoms with Crippen molar-refractivity contribution in [3.05, 3.63) is 60.2 Å². The topological polar surface area (TPSA) is 32.3 Å². The van der Waals surface area contributed by atoms with Crippen molar-refractivity contribution >= 4 is 5.91 Å². The maximum Gasteiger partial charge on any atom is 0.251 e. The minimum Gasteiger partial charge on any atom is -0.349 e. The van der Waals surface area contributed by atoms with Gasteiger partial charge in [0.15, 0.2) is 0 Å². The maximum absolute atomic E-state index is 12.3. The summed E-state index contributed by atoms with van der Waals surface area (Å²) >= 11 is 0. The zero-order valence-corrected chi connectivity index (χ0v) is 13.0. The van der Waals surface area contributed by atoms with Crippen molar-refractivity contribution < 1.29 is 4.79 Å². The van der Waals surface area contributed by atoms with E-state index in [-0.39, 0.29) is 5.91 Å². The van der Waals surface area contributed by atoms with E-state index in [9.17, 15) is 4.79 Å². The van der Waals surface area contributed by atoms with Gasteiger partial charge in [0.2, 0.25) is 0 Å². The number of nitrogens with zero attached hydrogens (tertiary/aromatic N) is 1. The summed E-state index contributed by atoms with van der Waals surface area (Å²) in [4.78, 5) is 14.6. The third-order valence-electron chi connectivity index (χ3n) is 4.31. The highest BCUT2D eigenvalue weighted by atomic mass is 16.1. The van der Waals surface area contributed by atoms with Gasteiger partial charge in [-0.1, -0.05) is 42.5 Å². The van der Waals surface area contributed by atoms with E-state index in [1.165, 1.54) is 5.56 Å². The zero-order chi connectivity index (χ0) is 15.4. The lowest BCUT2D eigenvalue weighted by Gasteiger charge is -2.29. The normalized spacial score (nSPS) is 16.4. The summed E-state index contributed by atoms with van der Waals surface area (Å²) in [5, 5.41) is 3.15. The van der Waals surface area contributed by atoms with Crippen LogP contribution in [0, 0.1) is 0 Å². The molecule has 1 N–H and O–H groups in total. The molecule has 3 rings (SSSR count). The number of rotatable bonds is 3. The van der Waals surface area contributed by atoms with Crippen LogP contribution >= 0.6 is 0 Å². The van der Waals surface area contributed by atoms with Gasteiger partial charge in [0.05, 0.1) is 0 Å². The number of amides is 1. The highest BCUT2D eigenvalue weighted by Crippen LogP contribution is 2.19. The lowest BCUT2D eigenvalue weighted by atomic mass is 10.0. The Balaban J connectivity index is 1.64. The molecule has 3 nitrogen and oxygen atoms in total. The van der Waals surface area contributed by atoms with E-state index < -0.39 is 0 Å². The lowest BCUT2D eigenvalue weighted by Crippen LogP contribution is -2.43. The van der Waals surface area contributed by atoms with Gasteiger partial charge in [-0.25, -0.2) is 0 Å². The van der Waals surface area contributed by atoms with E-state index in [2.05, 4.69) is 29.4 Å². The van der Waals surface area contributed by atoms with Gasteiger partial charge < -0.3 is 10.2 Å². The van der Waals surface area contributed by atoms with Gasteiger partial charge in [-0.2, -0.15) is 0 Å². The van der Waals surface area contributed by atoms with Gasteiger partial charge in [0.25, 0.3) is 5.91 Å². The van der Waals surface area contributed by atoms with E-state index >= 15 is 0 Å². The van der Waals surface area contributed by atoms with Crippen LogP contribution in [0.4, 0.5) is 0 Å². The number of nitrogens with one attached hydrogen (secondary N) is 1. The standard InChI is InChI=1S/C19H22N2O/c1-21-13-11-18(12-14-21)20-19(22)17-9-7-16(8-10-17)15-5-3-2-4-6-15/h2-10,18H,11-14H2,1H3,(H,20,22). The Bertz CT molecular complexity index is 614. The van der Waals surface area contributed by atoms with Crippen molar-refractivity contribution in [3.8, 4) is 11.1 Å². The molecular weight excluding hydrogens is 272 g/mol. The Morgan fingerprint density at radius 2 is 1.55 bits per heavy atom. The highest BCUT2D eigenvalue weighted by molar-refractivity contribution is 5.94. The van der Waals surface area contributed by atoms with Crippen molar-refractivity contribution in [3.63, 3.8) is 0 Å². The van der Waals surface area contributed by atoms with Crippen LogP contribution < -0.4 is 5.32 Å². The predicted molar refractivity (Wildman–Crippen MR) is 89.9 cm³/mol. The summed E-state index contributed by atoms with van der Waals surface area (Å²) < 4.78 is 0. The van der Waals surface area contributed by atoms with Gasteiger partial charge in [-0.3, -0.25) is 4.79 Å². The Morgan fingerprint density at radius 3 is 2.18 bits per heavy atom. The van der Waals surface area contributed by atoms with E-state index in [1.54, 1.807) is 0 Å². The number of piperidine rings is 1. The zero-order valence-electron chi connectivity index (χ0n) is 13.0. The molecule has 2 aromatic rings. The van der Waals surface area contributed by atoms with Crippen LogP contribution in [0.1, 0.15) is 23.2 Å². The van der Waals surface area contributed by atoms with E-state index in [0.717, 1.165) is 37.1 Å². The first-order valence-corrected chi connectivity index (χ1v) is 7.87. The second kappa shape index (κ2) is 6.75. The van der Waals surface area contributed by atoms with Crippen LogP contribution in [0.5, 0.6) is 0 Å². The van der Waals surface area contributed by atoms with Gasteiger partial charge in [0.1, 0.15) is 0 Å². The molecule has 0 radical (unpaired) electrons. The molecule has 0 bridgehead atoms. The summed E-state index contributed by atoms with van der Waals surface area (Å²) in [5.41, 5.74) is 3.04. The Labute approximate surface area is 132 Å². The quantitative estimate of drug-likeness (QED) is 0.943. The number of hydrogen-bond donors (Lipinski definition) is 1. The average Bonchev–Trinajstić information content (AvgIpc) is 2.58. The third-order valence-corrected chi connectivity index (χ3v) is 4.31. The van der Waals surface area contributed by atoms with Gasteiger partial charge in [-0.05, 0) is 56.2 Å². The molecule has 0 spiro atoms. The molecule has 0 saturated carbocycles. The summed E-state index contributed by atoms with van der Waals surface area (Å²) in [6, 6.07) is 18.4. The molecule has 1 heterocycles. The smallest absolute Gasteiger partial charge is 0.251 e. The second-order valence-corrected chi connectivity index (χ2v) is 5.99. The summed E-state index contributed by atoms with van der Waals surface area (Å²) in [6.07, 6.45) is 2.06. The molecule has 2 aromatic carbocycles. The molecule has 1 aliphatic rings. The Morgan fingerprint density at radius 1 is 0.955 bits per heavy atom. The molecule has 0 aliphatic carbocycles. The van der Waals surface area contributed by atoms with Crippen LogP contribution in [-0.4, -0.2) is 37.0 Å². The average molecular weight is 294 g/mol. The first-order valence-electron chi connectivity index (χ1n) is 7.87. The SMILES string of the molecule is CN1CCC(NC(=O)c2ccc(-c3ccccc3)cc2)CC1. The summed E-state index contributed by atoms with van der Waals surface area (Å²) in [5.74, 6) is 0.0363. The van der Waals surface area contributed by atoms with Crippen LogP contribution in [-0.2, 0) is 0 Å². The summed E-state index contributed by atoms with van der Waals surface area (Å²) in [6.45, 7) is 2.11. The van der Waals surface area contributed by atoms with Crippen molar-refractivity contribution in [2.75, 3.05) is 20.1 Å². The van der Waals surface area contributed by atoms with Crippen molar-refractivity contribution in [2.24, 2.45) is 0 Å². The number of carbonyl (C=O) groups excluding carboxylic acids is 1. The molecule has 22 heavy (non-hydrogen) atoms. The minimum absolute atomic E-state index is 0.0363. The largest absolute Gasteiger partial charge is 0.349 e. The van der Waals surface area contributed by atoms with Crippen molar-refractivity contribution in [2.45, 2.75) is 18.9 Å². The summed E-state index contributed by atoms with van der Waals surface area (Å²) in [7, 11) is 2.13. The van der Waals surface area contributed by atoms with Crippen LogP contribution in [0.15, 0.2) is 54.6 Å². The number of hydrogen-bond acceptors (Lipinski definition) is 2. The Kier molecular flexibility index (Phi) is 4.54. The first kappa shape index (κ1) is 14.8. The third kappa shape index (κ3) is 3.55. The number of benzene rings is 2. The second-order valence-electron chi connectivity index (χ2n) is 5.99. The van der Waals surface area contributed by atoms with Crippen molar-refractivity contribution in [1.29, 1.82) is 0 Å². The molecule has 0 atom stereocenters. The van der Waals surface area contributed by atoms with Crippen LogP contribution in [0.2, 0.25) is 0 Å². The van der Waals surface area contributed by atoms with E-state index in [4.69, 9.17) is 0 Å². The molecule has 0 unspecified atom stereocenters. The fourth-order valence-electron chi connectivity index (χ4n) is 2.87. The van der Waals surface area contributed by atoms with Gasteiger partial charge >= 0.3 is 0 Å². The van der Waals surface area contributed by atoms with Crippen molar-refractivity contribution in [1.82, 2.24) is 10.2 Å². The molecular formula is C19H22N2O. The molecule has 3 heteroatoms. The molecule has 1 aliphatic heterocycles. The highest BCUT2D eigenvalue weighted by Gasteiger charge is 2.18. The molecule has 0 aromatic heterocycles. The molecule has 1 amide bonds. The Hall–Kier alpha value is -2.13. The number of likely N-dealkylation sites (tertiary alicyclic amines) is 1. The fraction of sp³-hybridized carbons (Fsp3) is 0.316.